The minimum Gasteiger partial charge on any atom is -0.325 e. The standard InChI is InChI=1S/C12H20FN/c1-9-3-10(2)5-11(13,4-9)8-12(14,6-9)7-10/h3-8,14H2,1-2H3/t9-,10+,11?,12?. The summed E-state index contributed by atoms with van der Waals surface area (Å²) in [5.74, 6) is 0. The Balaban J connectivity index is 2.08. The molecule has 4 aliphatic rings. The van der Waals surface area contributed by atoms with Crippen molar-refractivity contribution in [1.29, 1.82) is 0 Å². The summed E-state index contributed by atoms with van der Waals surface area (Å²) in [7, 11) is 0. The fourth-order valence-electron chi connectivity index (χ4n) is 5.64. The highest BCUT2D eigenvalue weighted by Gasteiger charge is 2.65. The molecular weight excluding hydrogens is 177 g/mol. The van der Waals surface area contributed by atoms with Crippen LogP contribution in [0.2, 0.25) is 0 Å². The van der Waals surface area contributed by atoms with Gasteiger partial charge in [-0.05, 0) is 49.4 Å². The monoisotopic (exact) mass is 197 g/mol. The summed E-state index contributed by atoms with van der Waals surface area (Å²) < 4.78 is 14.5. The Morgan fingerprint density at radius 3 is 1.71 bits per heavy atom. The van der Waals surface area contributed by atoms with Gasteiger partial charge in [0.25, 0.3) is 0 Å². The fraction of sp³-hybridized carbons (Fsp3) is 1.00. The molecule has 0 amide bonds. The van der Waals surface area contributed by atoms with E-state index in [1.807, 2.05) is 0 Å². The second-order valence-corrected chi connectivity index (χ2v) is 7.20. The van der Waals surface area contributed by atoms with Crippen LogP contribution in [0.15, 0.2) is 0 Å². The Morgan fingerprint density at radius 1 is 0.857 bits per heavy atom. The second kappa shape index (κ2) is 2.04. The smallest absolute Gasteiger partial charge is 0.113 e. The zero-order chi connectivity index (χ0) is 10.2. The van der Waals surface area contributed by atoms with Gasteiger partial charge in [0.05, 0.1) is 0 Å². The SMILES string of the molecule is C[C@]12CC3(N)CC(F)(C1)C[C@@](C)(C3)C2. The lowest BCUT2D eigenvalue weighted by Crippen LogP contribution is -2.67. The van der Waals surface area contributed by atoms with E-state index in [2.05, 4.69) is 13.8 Å². The van der Waals surface area contributed by atoms with Crippen LogP contribution in [0, 0.1) is 10.8 Å². The summed E-state index contributed by atoms with van der Waals surface area (Å²) in [4.78, 5) is 0. The summed E-state index contributed by atoms with van der Waals surface area (Å²) in [5.41, 5.74) is 5.59. The minimum absolute atomic E-state index is 0.188. The second-order valence-electron chi connectivity index (χ2n) is 7.20. The highest BCUT2D eigenvalue weighted by molar-refractivity contribution is 5.18. The number of hydrogen-bond acceptors (Lipinski definition) is 1. The molecule has 4 aliphatic carbocycles. The van der Waals surface area contributed by atoms with Gasteiger partial charge in [-0.2, -0.15) is 0 Å². The van der Waals surface area contributed by atoms with Crippen LogP contribution in [0.5, 0.6) is 0 Å². The molecular formula is C12H20FN. The Bertz CT molecular complexity index is 203. The predicted octanol–water partition coefficient (Wildman–Crippen LogP) is 2.79. The minimum atomic E-state index is -0.938. The molecule has 80 valence electrons. The summed E-state index contributed by atoms with van der Waals surface area (Å²) in [6.45, 7) is 4.47. The Labute approximate surface area is 85.2 Å². The number of rotatable bonds is 0. The number of alkyl halides is 1. The van der Waals surface area contributed by atoms with E-state index in [0.29, 0.717) is 6.42 Å². The third kappa shape index (κ3) is 1.09. The van der Waals surface area contributed by atoms with Crippen LogP contribution in [0.4, 0.5) is 4.39 Å². The number of nitrogens with two attached hydrogens (primary N) is 1. The van der Waals surface area contributed by atoms with Gasteiger partial charge in [-0.25, -0.2) is 4.39 Å². The zero-order valence-corrected chi connectivity index (χ0v) is 9.20. The van der Waals surface area contributed by atoms with Crippen molar-refractivity contribution in [2.45, 2.75) is 63.6 Å². The van der Waals surface area contributed by atoms with Crippen molar-refractivity contribution in [2.75, 3.05) is 0 Å². The van der Waals surface area contributed by atoms with E-state index < -0.39 is 5.67 Å². The highest BCUT2D eigenvalue weighted by atomic mass is 19.1. The summed E-state index contributed by atoms with van der Waals surface area (Å²) >= 11 is 0. The van der Waals surface area contributed by atoms with Gasteiger partial charge in [-0.3, -0.25) is 0 Å². The van der Waals surface area contributed by atoms with E-state index >= 15 is 0 Å². The normalized spacial score (nSPS) is 66.0. The molecule has 4 rings (SSSR count). The molecule has 0 aromatic heterocycles. The van der Waals surface area contributed by atoms with E-state index in [1.165, 1.54) is 6.42 Å². The lowest BCUT2D eigenvalue weighted by molar-refractivity contribution is -0.163. The van der Waals surface area contributed by atoms with E-state index in [4.69, 9.17) is 5.73 Å². The van der Waals surface area contributed by atoms with E-state index in [1.54, 1.807) is 0 Å². The largest absolute Gasteiger partial charge is 0.325 e. The first kappa shape index (κ1) is 9.14. The van der Waals surface area contributed by atoms with E-state index in [9.17, 15) is 4.39 Å². The molecule has 14 heavy (non-hydrogen) atoms. The fourth-order valence-corrected chi connectivity index (χ4v) is 5.64. The van der Waals surface area contributed by atoms with E-state index in [0.717, 1.165) is 25.7 Å². The van der Waals surface area contributed by atoms with Gasteiger partial charge < -0.3 is 5.73 Å². The van der Waals surface area contributed by atoms with Crippen LogP contribution >= 0.6 is 0 Å². The van der Waals surface area contributed by atoms with E-state index in [-0.39, 0.29) is 16.4 Å². The summed E-state index contributed by atoms with van der Waals surface area (Å²) in [6.07, 6.45) is 5.40. The lowest BCUT2D eigenvalue weighted by atomic mass is 9.42. The van der Waals surface area contributed by atoms with Crippen molar-refractivity contribution in [2.24, 2.45) is 16.6 Å². The Kier molecular flexibility index (Phi) is 1.33. The third-order valence-electron chi connectivity index (χ3n) is 4.57. The molecule has 4 fully saturated rings. The molecule has 4 saturated carbocycles. The average molecular weight is 197 g/mol. The lowest BCUT2D eigenvalue weighted by Gasteiger charge is -2.66. The van der Waals surface area contributed by atoms with Crippen LogP contribution in [0.1, 0.15) is 52.4 Å². The van der Waals surface area contributed by atoms with Crippen molar-refractivity contribution < 1.29 is 4.39 Å². The summed E-state index contributed by atoms with van der Waals surface area (Å²) in [6, 6.07) is 0. The molecule has 4 bridgehead atoms. The van der Waals surface area contributed by atoms with Gasteiger partial charge in [0, 0.05) is 5.54 Å². The van der Waals surface area contributed by atoms with Crippen LogP contribution < -0.4 is 5.73 Å². The molecule has 2 N–H and O–H groups in total. The zero-order valence-electron chi connectivity index (χ0n) is 9.20. The van der Waals surface area contributed by atoms with Gasteiger partial charge in [0.2, 0.25) is 0 Å². The van der Waals surface area contributed by atoms with Crippen molar-refractivity contribution >= 4 is 0 Å². The Hall–Kier alpha value is -0.110. The van der Waals surface area contributed by atoms with Crippen molar-refractivity contribution in [1.82, 2.24) is 0 Å². The van der Waals surface area contributed by atoms with Crippen LogP contribution in [-0.4, -0.2) is 11.2 Å². The molecule has 2 heteroatoms. The molecule has 0 aromatic carbocycles. The first-order chi connectivity index (χ1) is 6.24. The molecule has 0 aliphatic heterocycles. The molecule has 0 radical (unpaired) electrons. The topological polar surface area (TPSA) is 26.0 Å². The first-order valence-corrected chi connectivity index (χ1v) is 5.72. The average Bonchev–Trinajstić information content (AvgIpc) is 1.67. The quantitative estimate of drug-likeness (QED) is 0.635. The van der Waals surface area contributed by atoms with Gasteiger partial charge in [-0.1, -0.05) is 13.8 Å². The summed E-state index contributed by atoms with van der Waals surface area (Å²) in [5, 5.41) is 0. The molecule has 4 atom stereocenters. The predicted molar refractivity (Wildman–Crippen MR) is 54.7 cm³/mol. The van der Waals surface area contributed by atoms with Gasteiger partial charge in [-0.15, -0.1) is 0 Å². The first-order valence-electron chi connectivity index (χ1n) is 5.72. The Morgan fingerprint density at radius 2 is 1.36 bits per heavy atom. The maximum absolute atomic E-state index is 14.5. The van der Waals surface area contributed by atoms with Gasteiger partial charge >= 0.3 is 0 Å². The molecule has 0 spiro atoms. The van der Waals surface area contributed by atoms with Gasteiger partial charge in [0.1, 0.15) is 5.67 Å². The molecule has 0 saturated heterocycles. The molecule has 2 unspecified atom stereocenters. The maximum Gasteiger partial charge on any atom is 0.113 e. The van der Waals surface area contributed by atoms with Crippen molar-refractivity contribution in [3.8, 4) is 0 Å². The van der Waals surface area contributed by atoms with Crippen molar-refractivity contribution in [3.05, 3.63) is 0 Å². The molecule has 1 nitrogen and oxygen atoms in total. The maximum atomic E-state index is 14.5. The number of hydrogen-bond donors (Lipinski definition) is 1. The van der Waals surface area contributed by atoms with Crippen LogP contribution in [-0.2, 0) is 0 Å². The van der Waals surface area contributed by atoms with Gasteiger partial charge in [0.15, 0.2) is 0 Å². The molecule has 0 heterocycles. The van der Waals surface area contributed by atoms with Crippen LogP contribution in [0.25, 0.3) is 0 Å². The third-order valence-corrected chi connectivity index (χ3v) is 4.57. The van der Waals surface area contributed by atoms with Crippen LogP contribution in [0.3, 0.4) is 0 Å². The molecule has 0 aromatic rings. The number of halogens is 1. The van der Waals surface area contributed by atoms with Crippen molar-refractivity contribution in [3.63, 3.8) is 0 Å². The highest BCUT2D eigenvalue weighted by Crippen LogP contribution is 2.67.